The maximum absolute atomic E-state index is 11.6. The van der Waals surface area contributed by atoms with E-state index in [0.29, 0.717) is 12.8 Å². The SMILES string of the molecule is COc1ccccc1CC(Cc1ccccc1C)C(=O)O. The van der Waals surface area contributed by atoms with Crippen molar-refractivity contribution in [1.29, 1.82) is 0 Å². The van der Waals surface area contributed by atoms with Crippen LogP contribution in [0, 0.1) is 12.8 Å². The maximum atomic E-state index is 11.6. The standard InChI is InChI=1S/C18H20O3/c1-13-7-3-4-8-14(13)11-16(18(19)20)12-15-9-5-6-10-17(15)21-2/h3-10,16H,11-12H2,1-2H3,(H,19,20). The quantitative estimate of drug-likeness (QED) is 0.883. The van der Waals surface area contributed by atoms with Crippen molar-refractivity contribution in [1.82, 2.24) is 0 Å². The van der Waals surface area contributed by atoms with Gasteiger partial charge in [0.05, 0.1) is 13.0 Å². The van der Waals surface area contributed by atoms with Gasteiger partial charge >= 0.3 is 5.97 Å². The van der Waals surface area contributed by atoms with Gasteiger partial charge < -0.3 is 9.84 Å². The van der Waals surface area contributed by atoms with Crippen LogP contribution >= 0.6 is 0 Å². The first-order valence-electron chi connectivity index (χ1n) is 7.01. The zero-order valence-corrected chi connectivity index (χ0v) is 12.4. The second kappa shape index (κ2) is 6.93. The lowest BCUT2D eigenvalue weighted by atomic mass is 9.90. The summed E-state index contributed by atoms with van der Waals surface area (Å²) in [6, 6.07) is 15.5. The largest absolute Gasteiger partial charge is 0.496 e. The highest BCUT2D eigenvalue weighted by Gasteiger charge is 2.20. The summed E-state index contributed by atoms with van der Waals surface area (Å²) < 4.78 is 5.31. The molecule has 3 heteroatoms. The number of carboxylic acid groups (broad SMARTS) is 1. The topological polar surface area (TPSA) is 46.5 Å². The number of rotatable bonds is 6. The average molecular weight is 284 g/mol. The Morgan fingerprint density at radius 3 is 2.24 bits per heavy atom. The van der Waals surface area contributed by atoms with Crippen molar-refractivity contribution in [3.05, 3.63) is 65.2 Å². The number of carboxylic acids is 1. The fourth-order valence-electron chi connectivity index (χ4n) is 2.49. The van der Waals surface area contributed by atoms with Gasteiger partial charge in [-0.15, -0.1) is 0 Å². The number of methoxy groups -OCH3 is 1. The van der Waals surface area contributed by atoms with Gasteiger partial charge in [0, 0.05) is 0 Å². The Bertz CT molecular complexity index is 619. The van der Waals surface area contributed by atoms with E-state index >= 15 is 0 Å². The van der Waals surface area contributed by atoms with E-state index in [1.807, 2.05) is 55.5 Å². The van der Waals surface area contributed by atoms with Crippen molar-refractivity contribution in [2.24, 2.45) is 5.92 Å². The maximum Gasteiger partial charge on any atom is 0.307 e. The van der Waals surface area contributed by atoms with E-state index in [1.165, 1.54) is 0 Å². The number of aliphatic carboxylic acids is 1. The van der Waals surface area contributed by atoms with Crippen LogP contribution in [0.5, 0.6) is 5.75 Å². The summed E-state index contributed by atoms with van der Waals surface area (Å²) in [5.41, 5.74) is 3.14. The molecule has 0 aliphatic carbocycles. The highest BCUT2D eigenvalue weighted by atomic mass is 16.5. The van der Waals surface area contributed by atoms with Crippen LogP contribution in [0.15, 0.2) is 48.5 Å². The Labute approximate surface area is 125 Å². The molecule has 3 nitrogen and oxygen atoms in total. The molecule has 0 spiro atoms. The van der Waals surface area contributed by atoms with Gasteiger partial charge in [-0.05, 0) is 42.5 Å². The first-order valence-corrected chi connectivity index (χ1v) is 7.01. The summed E-state index contributed by atoms with van der Waals surface area (Å²) >= 11 is 0. The fourth-order valence-corrected chi connectivity index (χ4v) is 2.49. The molecule has 0 aliphatic rings. The molecule has 0 radical (unpaired) electrons. The monoisotopic (exact) mass is 284 g/mol. The number of aryl methyl sites for hydroxylation is 1. The normalized spacial score (nSPS) is 11.9. The number of hydrogen-bond donors (Lipinski definition) is 1. The van der Waals surface area contributed by atoms with Gasteiger partial charge in [-0.1, -0.05) is 42.5 Å². The molecule has 0 aliphatic heterocycles. The molecule has 2 rings (SSSR count). The van der Waals surface area contributed by atoms with Crippen molar-refractivity contribution in [3.63, 3.8) is 0 Å². The minimum atomic E-state index is -0.774. The molecule has 1 unspecified atom stereocenters. The van der Waals surface area contributed by atoms with Crippen LogP contribution in [-0.2, 0) is 17.6 Å². The Balaban J connectivity index is 2.20. The van der Waals surface area contributed by atoms with Crippen LogP contribution in [0.1, 0.15) is 16.7 Å². The zero-order chi connectivity index (χ0) is 15.2. The Hall–Kier alpha value is -2.29. The highest BCUT2D eigenvalue weighted by Crippen LogP contribution is 2.24. The van der Waals surface area contributed by atoms with Gasteiger partial charge in [0.2, 0.25) is 0 Å². The van der Waals surface area contributed by atoms with E-state index in [9.17, 15) is 9.90 Å². The first kappa shape index (κ1) is 15.1. The van der Waals surface area contributed by atoms with E-state index in [-0.39, 0.29) is 0 Å². The summed E-state index contributed by atoms with van der Waals surface area (Å²) in [4.78, 5) is 11.6. The summed E-state index contributed by atoms with van der Waals surface area (Å²) in [6.45, 7) is 2.01. The van der Waals surface area contributed by atoms with Gasteiger partial charge in [-0.3, -0.25) is 4.79 Å². The van der Waals surface area contributed by atoms with Gasteiger partial charge in [-0.25, -0.2) is 0 Å². The number of ether oxygens (including phenoxy) is 1. The molecule has 0 heterocycles. The van der Waals surface area contributed by atoms with E-state index in [1.54, 1.807) is 7.11 Å². The van der Waals surface area contributed by atoms with Crippen molar-refractivity contribution in [3.8, 4) is 5.75 Å². The molecule has 1 N–H and O–H groups in total. The minimum absolute atomic E-state index is 0.456. The predicted octanol–water partition coefficient (Wildman–Crippen LogP) is 3.49. The molecule has 0 saturated carbocycles. The molecule has 0 aromatic heterocycles. The lowest BCUT2D eigenvalue weighted by Gasteiger charge is -2.16. The van der Waals surface area contributed by atoms with E-state index in [2.05, 4.69) is 0 Å². The summed E-state index contributed by atoms with van der Waals surface area (Å²) in [6.07, 6.45) is 0.994. The van der Waals surface area contributed by atoms with Crippen LogP contribution in [-0.4, -0.2) is 18.2 Å². The second-order valence-electron chi connectivity index (χ2n) is 5.18. The van der Waals surface area contributed by atoms with Crippen LogP contribution in [0.3, 0.4) is 0 Å². The minimum Gasteiger partial charge on any atom is -0.496 e. The molecule has 0 saturated heterocycles. The molecule has 1 atom stereocenters. The third-order valence-corrected chi connectivity index (χ3v) is 3.74. The van der Waals surface area contributed by atoms with Crippen LogP contribution in [0.25, 0.3) is 0 Å². The summed E-state index contributed by atoms with van der Waals surface area (Å²) in [5, 5.41) is 9.51. The van der Waals surface area contributed by atoms with Crippen molar-refractivity contribution < 1.29 is 14.6 Å². The lowest BCUT2D eigenvalue weighted by Crippen LogP contribution is -2.20. The third kappa shape index (κ3) is 3.85. The molecule has 0 amide bonds. The molecule has 0 fully saturated rings. The smallest absolute Gasteiger partial charge is 0.307 e. The lowest BCUT2D eigenvalue weighted by molar-refractivity contribution is -0.141. The van der Waals surface area contributed by atoms with Crippen molar-refractivity contribution >= 4 is 5.97 Å². The summed E-state index contributed by atoms with van der Waals surface area (Å²) in [5.74, 6) is -0.486. The van der Waals surface area contributed by atoms with Crippen LogP contribution in [0.4, 0.5) is 0 Å². The zero-order valence-electron chi connectivity index (χ0n) is 12.4. The molecular formula is C18H20O3. The molecular weight excluding hydrogens is 264 g/mol. The van der Waals surface area contributed by atoms with Gasteiger partial charge in [0.1, 0.15) is 5.75 Å². The Morgan fingerprint density at radius 1 is 1.05 bits per heavy atom. The molecule has 2 aromatic rings. The average Bonchev–Trinajstić information content (AvgIpc) is 2.49. The highest BCUT2D eigenvalue weighted by molar-refractivity contribution is 5.71. The Kier molecular flexibility index (Phi) is 4.99. The Morgan fingerprint density at radius 2 is 1.62 bits per heavy atom. The van der Waals surface area contributed by atoms with E-state index < -0.39 is 11.9 Å². The van der Waals surface area contributed by atoms with E-state index in [4.69, 9.17) is 4.74 Å². The van der Waals surface area contributed by atoms with Crippen molar-refractivity contribution in [2.45, 2.75) is 19.8 Å². The summed E-state index contributed by atoms with van der Waals surface area (Å²) in [7, 11) is 1.61. The van der Waals surface area contributed by atoms with Crippen LogP contribution in [0.2, 0.25) is 0 Å². The predicted molar refractivity (Wildman–Crippen MR) is 82.7 cm³/mol. The fraction of sp³-hybridized carbons (Fsp3) is 0.278. The molecule has 21 heavy (non-hydrogen) atoms. The number of para-hydroxylation sites is 1. The second-order valence-corrected chi connectivity index (χ2v) is 5.18. The van der Waals surface area contributed by atoms with Crippen molar-refractivity contribution in [2.75, 3.05) is 7.11 Å². The molecule has 2 aromatic carbocycles. The number of benzene rings is 2. The van der Waals surface area contributed by atoms with Gasteiger partial charge in [0.15, 0.2) is 0 Å². The number of hydrogen-bond acceptors (Lipinski definition) is 2. The first-order chi connectivity index (χ1) is 10.1. The van der Waals surface area contributed by atoms with Gasteiger partial charge in [-0.2, -0.15) is 0 Å². The van der Waals surface area contributed by atoms with Crippen LogP contribution < -0.4 is 4.74 Å². The van der Waals surface area contributed by atoms with Gasteiger partial charge in [0.25, 0.3) is 0 Å². The van der Waals surface area contributed by atoms with E-state index in [0.717, 1.165) is 22.4 Å². The third-order valence-electron chi connectivity index (χ3n) is 3.74. The number of carbonyl (C=O) groups is 1. The molecule has 110 valence electrons. The molecule has 0 bridgehead atoms.